The molecule has 1 aliphatic rings. The van der Waals surface area contributed by atoms with Gasteiger partial charge in [-0.05, 0) is 102 Å². The van der Waals surface area contributed by atoms with Gasteiger partial charge in [-0.1, -0.05) is 6.58 Å². The van der Waals surface area contributed by atoms with E-state index in [2.05, 4.69) is 60.6 Å². The number of likely N-dealkylation sites (tertiary alicyclic amines) is 1. The minimum atomic E-state index is -0.354. The van der Waals surface area contributed by atoms with E-state index < -0.39 is 0 Å². The number of nitrogens with zero attached hydrogens (tertiary/aromatic N) is 6. The molecule has 9 nitrogen and oxygen atoms in total. The molecule has 0 aliphatic carbocycles. The molecule has 0 saturated carbocycles. The van der Waals surface area contributed by atoms with Crippen LogP contribution in [-0.2, 0) is 11.8 Å². The molecule has 0 atom stereocenters. The normalized spacial score (nSPS) is 16.4. The minimum Gasteiger partial charge on any atom is -0.457 e. The molecule has 6 rings (SSSR count). The van der Waals surface area contributed by atoms with E-state index in [0.717, 1.165) is 57.8 Å². The summed E-state index contributed by atoms with van der Waals surface area (Å²) in [7, 11) is 1.97. The number of aromatic nitrogens is 5. The zero-order valence-electron chi connectivity index (χ0n) is 25.5. The van der Waals surface area contributed by atoms with Crippen LogP contribution < -0.4 is 10.1 Å². The first-order valence-corrected chi connectivity index (χ1v) is 14.5. The van der Waals surface area contributed by atoms with Gasteiger partial charge in [0.1, 0.15) is 23.3 Å². The number of imidazole rings is 1. The number of anilines is 2. The summed E-state index contributed by atoms with van der Waals surface area (Å²) in [6.07, 6.45) is 6.34. The number of carbonyl (C=O) groups excluding carboxylic acids is 1. The largest absolute Gasteiger partial charge is 0.457 e. The quantitative estimate of drug-likeness (QED) is 0.214. The number of carbonyl (C=O) groups is 1. The van der Waals surface area contributed by atoms with Gasteiger partial charge in [-0.15, -0.1) is 0 Å². The lowest BCUT2D eigenvalue weighted by Gasteiger charge is -2.55. The van der Waals surface area contributed by atoms with Gasteiger partial charge in [0.2, 0.25) is 5.91 Å². The average Bonchev–Trinajstić information content (AvgIpc) is 3.32. The second kappa shape index (κ2) is 10.5. The summed E-state index contributed by atoms with van der Waals surface area (Å²) in [6.45, 7) is 14.2. The van der Waals surface area contributed by atoms with Gasteiger partial charge in [0, 0.05) is 41.5 Å². The van der Waals surface area contributed by atoms with Crippen molar-refractivity contribution in [3.05, 3.63) is 85.1 Å². The standard InChI is InChI=1S/C34H37N7O2/c1-8-30(42)41-33(3,4)17-22(18-34(41,5)6)25-11-12-26-31(39-25)32(36-19-35-26)38-23-9-14-29(21(2)15-23)43-24-10-13-28-27(16-24)37-20-40(28)7/h8-16,19-20,22H,1,17-18H2,2-7H3,(H,35,36,38). The predicted molar refractivity (Wildman–Crippen MR) is 170 cm³/mol. The van der Waals surface area contributed by atoms with E-state index in [9.17, 15) is 4.79 Å². The Balaban J connectivity index is 1.25. The third-order valence-corrected chi connectivity index (χ3v) is 8.38. The lowest BCUT2D eigenvalue weighted by molar-refractivity contribution is -0.144. The molecule has 4 heterocycles. The lowest BCUT2D eigenvalue weighted by atomic mass is 9.72. The lowest BCUT2D eigenvalue weighted by Crippen LogP contribution is -2.62. The molecule has 1 fully saturated rings. The summed E-state index contributed by atoms with van der Waals surface area (Å²) in [5, 5.41) is 3.45. The SMILES string of the molecule is C=CC(=O)N1C(C)(C)CC(c2ccc3ncnc(Nc4ccc(Oc5ccc6c(c5)ncn6C)c(C)c4)c3n2)CC1(C)C. The monoisotopic (exact) mass is 575 g/mol. The third kappa shape index (κ3) is 5.31. The Hall–Kier alpha value is -4.79. The zero-order valence-corrected chi connectivity index (χ0v) is 25.5. The first-order valence-electron chi connectivity index (χ1n) is 14.5. The summed E-state index contributed by atoms with van der Waals surface area (Å²) >= 11 is 0. The van der Waals surface area contributed by atoms with E-state index in [1.54, 1.807) is 12.7 Å². The molecule has 1 N–H and O–H groups in total. The molecule has 3 aromatic heterocycles. The predicted octanol–water partition coefficient (Wildman–Crippen LogP) is 7.21. The fourth-order valence-corrected chi connectivity index (χ4v) is 6.74. The number of nitrogens with one attached hydrogen (secondary N) is 1. The molecule has 1 saturated heterocycles. The first kappa shape index (κ1) is 28.3. The Morgan fingerprint density at radius 3 is 2.49 bits per heavy atom. The van der Waals surface area contributed by atoms with E-state index in [-0.39, 0.29) is 22.9 Å². The van der Waals surface area contributed by atoms with E-state index in [4.69, 9.17) is 9.72 Å². The number of fused-ring (bicyclic) bond motifs is 2. The van der Waals surface area contributed by atoms with Crippen molar-refractivity contribution in [1.29, 1.82) is 0 Å². The number of rotatable bonds is 6. The Morgan fingerprint density at radius 1 is 1.00 bits per heavy atom. The van der Waals surface area contributed by atoms with Crippen LogP contribution in [0.3, 0.4) is 0 Å². The fraction of sp³-hybridized carbons (Fsp3) is 0.324. The number of aryl methyl sites for hydroxylation is 2. The van der Waals surface area contributed by atoms with Crippen LogP contribution in [0.1, 0.15) is 57.7 Å². The molecular weight excluding hydrogens is 538 g/mol. The van der Waals surface area contributed by atoms with Crippen molar-refractivity contribution in [2.45, 2.75) is 64.5 Å². The molecule has 1 amide bonds. The number of amides is 1. The van der Waals surface area contributed by atoms with Crippen molar-refractivity contribution in [3.63, 3.8) is 0 Å². The Bertz CT molecular complexity index is 1860. The van der Waals surface area contributed by atoms with Gasteiger partial charge in [-0.2, -0.15) is 0 Å². The number of ether oxygens (including phenoxy) is 1. The molecule has 1 aliphatic heterocycles. The summed E-state index contributed by atoms with van der Waals surface area (Å²) in [6, 6.07) is 15.9. The molecule has 5 aromatic rings. The maximum Gasteiger partial charge on any atom is 0.246 e. The molecule has 43 heavy (non-hydrogen) atoms. The van der Waals surface area contributed by atoms with Gasteiger partial charge < -0.3 is 19.5 Å². The Morgan fingerprint density at radius 2 is 1.77 bits per heavy atom. The Kier molecular flexibility index (Phi) is 6.91. The van der Waals surface area contributed by atoms with Crippen molar-refractivity contribution < 1.29 is 9.53 Å². The zero-order chi connectivity index (χ0) is 30.5. The van der Waals surface area contributed by atoms with Gasteiger partial charge in [-0.25, -0.2) is 19.9 Å². The van der Waals surface area contributed by atoms with Crippen LogP contribution in [0, 0.1) is 6.92 Å². The number of benzene rings is 2. The van der Waals surface area contributed by atoms with Crippen LogP contribution in [-0.4, -0.2) is 46.4 Å². The molecule has 0 radical (unpaired) electrons. The van der Waals surface area contributed by atoms with Crippen LogP contribution in [0.25, 0.3) is 22.1 Å². The minimum absolute atomic E-state index is 0.0409. The maximum absolute atomic E-state index is 12.8. The van der Waals surface area contributed by atoms with Crippen LogP contribution in [0.15, 0.2) is 73.8 Å². The van der Waals surface area contributed by atoms with Crippen molar-refractivity contribution >= 4 is 39.5 Å². The van der Waals surface area contributed by atoms with Crippen LogP contribution in [0.4, 0.5) is 11.5 Å². The van der Waals surface area contributed by atoms with Crippen molar-refractivity contribution in [2.24, 2.45) is 7.05 Å². The number of pyridine rings is 1. The Labute approximate surface area is 251 Å². The smallest absolute Gasteiger partial charge is 0.246 e. The summed E-state index contributed by atoms with van der Waals surface area (Å²) in [5.41, 5.74) is 5.53. The van der Waals surface area contributed by atoms with Crippen LogP contribution in [0.5, 0.6) is 11.5 Å². The number of hydrogen-bond donors (Lipinski definition) is 1. The van der Waals surface area contributed by atoms with E-state index >= 15 is 0 Å². The molecule has 0 bridgehead atoms. The van der Waals surface area contributed by atoms with Crippen molar-refractivity contribution in [3.8, 4) is 11.5 Å². The van der Waals surface area contributed by atoms with Crippen LogP contribution >= 0.6 is 0 Å². The van der Waals surface area contributed by atoms with Gasteiger partial charge >= 0.3 is 0 Å². The third-order valence-electron chi connectivity index (χ3n) is 8.38. The van der Waals surface area contributed by atoms with Crippen molar-refractivity contribution in [1.82, 2.24) is 29.4 Å². The van der Waals surface area contributed by atoms with E-state index in [1.165, 1.54) is 6.08 Å². The van der Waals surface area contributed by atoms with Gasteiger partial charge in [-0.3, -0.25) is 4.79 Å². The van der Waals surface area contributed by atoms with Gasteiger partial charge in [0.15, 0.2) is 5.82 Å². The van der Waals surface area contributed by atoms with E-state index in [0.29, 0.717) is 11.3 Å². The highest BCUT2D eigenvalue weighted by molar-refractivity contribution is 5.89. The van der Waals surface area contributed by atoms with Gasteiger partial charge in [0.05, 0.1) is 22.9 Å². The second-order valence-electron chi connectivity index (χ2n) is 12.6. The molecule has 2 aromatic carbocycles. The second-order valence-corrected chi connectivity index (χ2v) is 12.6. The molecule has 0 spiro atoms. The highest BCUT2D eigenvalue weighted by Gasteiger charge is 2.47. The first-order chi connectivity index (χ1) is 20.4. The number of hydrogen-bond acceptors (Lipinski definition) is 7. The highest BCUT2D eigenvalue weighted by atomic mass is 16.5. The average molecular weight is 576 g/mol. The topological polar surface area (TPSA) is 98.1 Å². The fourth-order valence-electron chi connectivity index (χ4n) is 6.74. The molecule has 0 unspecified atom stereocenters. The molecular formula is C34H37N7O2. The maximum atomic E-state index is 12.8. The summed E-state index contributed by atoms with van der Waals surface area (Å²) in [5.74, 6) is 2.26. The highest BCUT2D eigenvalue weighted by Crippen LogP contribution is 2.45. The number of piperidine rings is 1. The van der Waals surface area contributed by atoms with E-state index in [1.807, 2.05) is 65.9 Å². The van der Waals surface area contributed by atoms with Gasteiger partial charge in [0.25, 0.3) is 0 Å². The van der Waals surface area contributed by atoms with Crippen LogP contribution in [0.2, 0.25) is 0 Å². The molecule has 9 heteroatoms. The van der Waals surface area contributed by atoms with Crippen molar-refractivity contribution in [2.75, 3.05) is 5.32 Å². The summed E-state index contributed by atoms with van der Waals surface area (Å²) < 4.78 is 8.19. The summed E-state index contributed by atoms with van der Waals surface area (Å²) in [4.78, 5) is 33.3. The molecule has 220 valence electrons.